The van der Waals surface area contributed by atoms with Crippen molar-refractivity contribution >= 4 is 33.7 Å². The third-order valence-corrected chi connectivity index (χ3v) is 8.43. The summed E-state index contributed by atoms with van der Waals surface area (Å²) in [5.41, 5.74) is 0. The summed E-state index contributed by atoms with van der Waals surface area (Å²) in [4.78, 5) is 23.1. The first kappa shape index (κ1) is 29.6. The van der Waals surface area contributed by atoms with E-state index in [2.05, 4.69) is 6.07 Å². The van der Waals surface area contributed by atoms with Crippen molar-refractivity contribution in [3.8, 4) is 11.8 Å². The predicted octanol–water partition coefficient (Wildman–Crippen LogP) is 1.08. The molecule has 200 valence electrons. The van der Waals surface area contributed by atoms with Crippen LogP contribution in [0, 0.1) is 11.3 Å². The molecule has 0 unspecified atom stereocenters. The highest BCUT2D eigenvalue weighted by molar-refractivity contribution is 7.99. The summed E-state index contributed by atoms with van der Waals surface area (Å²) in [6.45, 7) is 0.692. The number of benzene rings is 1. The fourth-order valence-electron chi connectivity index (χ4n) is 3.48. The second kappa shape index (κ2) is 12.6. The largest absolute Gasteiger partial charge is 0.497 e. The molecule has 0 bridgehead atoms. The molecule has 1 amide bonds. The number of hydrogen-bond acceptors (Lipinski definition) is 9. The highest BCUT2D eigenvalue weighted by Crippen LogP contribution is 2.25. The van der Waals surface area contributed by atoms with Gasteiger partial charge >= 0.3 is 12.1 Å². The molecule has 1 atom stereocenters. The molecular weight excluding hydrogens is 527 g/mol. The zero-order valence-corrected chi connectivity index (χ0v) is 20.9. The van der Waals surface area contributed by atoms with Crippen LogP contribution in [0.1, 0.15) is 12.8 Å². The number of carbonyl (C=O) groups excluding carboxylic acids is 1. The summed E-state index contributed by atoms with van der Waals surface area (Å²) in [6, 6.07) is 7.96. The number of sulfonamides is 1. The highest BCUT2D eigenvalue weighted by atomic mass is 32.2. The third-order valence-electron chi connectivity index (χ3n) is 5.50. The van der Waals surface area contributed by atoms with Crippen molar-refractivity contribution in [3.63, 3.8) is 0 Å². The van der Waals surface area contributed by atoms with E-state index in [1.165, 1.54) is 28.6 Å². The second-order valence-corrected chi connectivity index (χ2v) is 10.7. The Balaban J connectivity index is 0.000000572. The topological polar surface area (TPSA) is 157 Å². The number of carboxylic acid groups (broad SMARTS) is 1. The molecule has 0 aromatic heterocycles. The van der Waals surface area contributed by atoms with Crippen molar-refractivity contribution in [1.29, 1.82) is 5.26 Å². The molecule has 1 aromatic carbocycles. The molecule has 0 saturated carbocycles. The van der Waals surface area contributed by atoms with Gasteiger partial charge in [0, 0.05) is 24.9 Å². The van der Waals surface area contributed by atoms with Crippen molar-refractivity contribution in [2.75, 3.05) is 38.4 Å². The van der Waals surface area contributed by atoms with Crippen LogP contribution in [0.2, 0.25) is 0 Å². The van der Waals surface area contributed by atoms with Gasteiger partial charge in [-0.1, -0.05) is 0 Å². The maximum atomic E-state index is 12.8. The molecule has 2 fully saturated rings. The van der Waals surface area contributed by atoms with E-state index in [0.717, 1.165) is 0 Å². The maximum absolute atomic E-state index is 12.8. The average molecular weight is 554 g/mol. The van der Waals surface area contributed by atoms with E-state index in [4.69, 9.17) is 25.7 Å². The monoisotopic (exact) mass is 553 g/mol. The minimum atomic E-state index is -5.08. The molecule has 3 rings (SSSR count). The summed E-state index contributed by atoms with van der Waals surface area (Å²) in [5.74, 6) is 4.91. The number of ether oxygens (including phenoxy) is 1. The fourth-order valence-corrected chi connectivity index (χ4v) is 6.06. The fraction of sp³-hybridized carbons (Fsp3) is 0.550. The van der Waals surface area contributed by atoms with Gasteiger partial charge in [-0.2, -0.15) is 22.7 Å². The van der Waals surface area contributed by atoms with Crippen LogP contribution in [0.15, 0.2) is 29.2 Å². The summed E-state index contributed by atoms with van der Waals surface area (Å²) >= 11 is 1.55. The zero-order valence-electron chi connectivity index (χ0n) is 19.2. The number of nitrogens with two attached hydrogens (primary N) is 1. The smallest absolute Gasteiger partial charge is 0.490 e. The summed E-state index contributed by atoms with van der Waals surface area (Å²) in [5, 5.41) is 17.7. The molecule has 2 aliphatic heterocycles. The van der Waals surface area contributed by atoms with Crippen LogP contribution < -0.4 is 10.6 Å². The van der Waals surface area contributed by atoms with E-state index >= 15 is 0 Å². The lowest BCUT2D eigenvalue weighted by atomic mass is 10.1. The number of hydrogen-bond donors (Lipinski definition) is 2. The molecule has 16 heteroatoms. The predicted molar refractivity (Wildman–Crippen MR) is 123 cm³/mol. The van der Waals surface area contributed by atoms with Gasteiger partial charge in [0.15, 0.2) is 0 Å². The number of nitriles is 1. The molecule has 11 nitrogen and oxygen atoms in total. The Morgan fingerprint density at radius 1 is 1.28 bits per heavy atom. The van der Waals surface area contributed by atoms with E-state index in [1.807, 2.05) is 0 Å². The van der Waals surface area contributed by atoms with Gasteiger partial charge in [-0.3, -0.25) is 10.6 Å². The number of rotatable bonds is 6. The van der Waals surface area contributed by atoms with Gasteiger partial charge in [-0.25, -0.2) is 18.2 Å². The molecule has 36 heavy (non-hydrogen) atoms. The molecule has 0 aliphatic carbocycles. The van der Waals surface area contributed by atoms with Crippen LogP contribution >= 0.6 is 11.8 Å². The highest BCUT2D eigenvalue weighted by Gasteiger charge is 2.38. The molecule has 2 saturated heterocycles. The Bertz CT molecular complexity index is 1060. The number of nitrogens with zero attached hydrogens (tertiary/aromatic N) is 4. The van der Waals surface area contributed by atoms with Crippen LogP contribution in [0.3, 0.4) is 0 Å². The van der Waals surface area contributed by atoms with Gasteiger partial charge in [-0.05, 0) is 37.1 Å². The Morgan fingerprint density at radius 2 is 1.83 bits per heavy atom. The normalized spacial score (nSPS) is 19.4. The second-order valence-electron chi connectivity index (χ2n) is 7.79. The van der Waals surface area contributed by atoms with E-state index in [1.54, 1.807) is 28.8 Å². The number of thioether (sulfide) groups is 1. The van der Waals surface area contributed by atoms with E-state index in [-0.39, 0.29) is 23.4 Å². The third kappa shape index (κ3) is 7.71. The first-order chi connectivity index (χ1) is 16.8. The molecular formula is C20H26F3N5O6S2. The van der Waals surface area contributed by atoms with Crippen molar-refractivity contribution in [3.05, 3.63) is 24.3 Å². The number of methoxy groups -OCH3 is 1. The van der Waals surface area contributed by atoms with Crippen molar-refractivity contribution < 1.29 is 41.0 Å². The Hall–Kier alpha value is -2.58. The van der Waals surface area contributed by atoms with Gasteiger partial charge < -0.3 is 14.7 Å². The molecule has 0 radical (unpaired) electrons. The Labute approximate surface area is 210 Å². The lowest BCUT2D eigenvalue weighted by Crippen LogP contribution is -2.53. The number of halogens is 3. The number of alkyl halides is 3. The molecule has 0 spiro atoms. The minimum absolute atomic E-state index is 0.0225. The van der Waals surface area contributed by atoms with Crippen molar-refractivity contribution in [1.82, 2.24) is 14.2 Å². The van der Waals surface area contributed by atoms with Gasteiger partial charge in [0.2, 0.25) is 15.9 Å². The lowest BCUT2D eigenvalue weighted by molar-refractivity contribution is -0.192. The Kier molecular flexibility index (Phi) is 10.4. The summed E-state index contributed by atoms with van der Waals surface area (Å²) in [7, 11) is -2.05. The number of amides is 1. The SMILES string of the molecule is COc1ccc(S(=O)(=O)N2CCC(N(N)CC(=O)N3CSC[C@H]3C#N)CC2)cc1.O=C(O)C(F)(F)F. The van der Waals surface area contributed by atoms with E-state index < -0.39 is 28.2 Å². The van der Waals surface area contributed by atoms with Crippen molar-refractivity contribution in [2.24, 2.45) is 5.84 Å². The Morgan fingerprint density at radius 3 is 2.31 bits per heavy atom. The lowest BCUT2D eigenvalue weighted by Gasteiger charge is -2.36. The van der Waals surface area contributed by atoms with Gasteiger partial charge in [-0.15, -0.1) is 11.8 Å². The first-order valence-electron chi connectivity index (χ1n) is 10.5. The van der Waals surface area contributed by atoms with E-state index in [0.29, 0.717) is 43.3 Å². The first-order valence-corrected chi connectivity index (χ1v) is 13.1. The average Bonchev–Trinajstić information content (AvgIpc) is 3.33. The number of carboxylic acids is 1. The minimum Gasteiger partial charge on any atom is -0.497 e. The molecule has 3 N–H and O–H groups in total. The number of hydrazine groups is 1. The number of aliphatic carboxylic acids is 1. The van der Waals surface area contributed by atoms with Gasteiger partial charge in [0.1, 0.15) is 11.8 Å². The van der Waals surface area contributed by atoms with Crippen molar-refractivity contribution in [2.45, 2.75) is 36.0 Å². The van der Waals surface area contributed by atoms with Crippen LogP contribution in [-0.4, -0.2) is 96.2 Å². The standard InChI is InChI=1S/C18H25N5O4S2.C2HF3O2/c1-27-16-2-4-17(5-3-16)29(25,26)21-8-6-14(7-9-21)23(20)11-18(24)22-13-28-12-15(22)10-19;3-2(4,5)1(6)7/h2-5,14-15H,6-9,11-13,20H2,1H3;(H,6,7)/t15-;/m1./s1. The maximum Gasteiger partial charge on any atom is 0.490 e. The van der Waals surface area contributed by atoms with Crippen LogP contribution in [-0.2, 0) is 19.6 Å². The van der Waals surface area contributed by atoms with Gasteiger partial charge in [0.05, 0.1) is 30.5 Å². The summed E-state index contributed by atoms with van der Waals surface area (Å²) < 4.78 is 63.9. The number of piperidine rings is 1. The molecule has 1 aromatic rings. The van der Waals surface area contributed by atoms with E-state index in [9.17, 15) is 26.4 Å². The molecule has 2 aliphatic rings. The quantitative estimate of drug-likeness (QED) is 0.386. The van der Waals surface area contributed by atoms with Crippen LogP contribution in [0.5, 0.6) is 5.75 Å². The number of carbonyl (C=O) groups is 2. The van der Waals surface area contributed by atoms with Crippen LogP contribution in [0.25, 0.3) is 0 Å². The summed E-state index contributed by atoms with van der Waals surface area (Å²) in [6.07, 6.45) is -4.01. The van der Waals surface area contributed by atoms with Crippen LogP contribution in [0.4, 0.5) is 13.2 Å². The van der Waals surface area contributed by atoms with Gasteiger partial charge in [0.25, 0.3) is 0 Å². The zero-order chi connectivity index (χ0) is 27.1. The molecule has 2 heterocycles.